The highest BCUT2D eigenvalue weighted by Crippen LogP contribution is 2.37. The molecule has 1 aromatic heterocycles. The highest BCUT2D eigenvalue weighted by atomic mass is 16.2. The fourth-order valence-corrected chi connectivity index (χ4v) is 3.62. The van der Waals surface area contributed by atoms with Gasteiger partial charge in [-0.2, -0.15) is 0 Å². The summed E-state index contributed by atoms with van der Waals surface area (Å²) in [6.07, 6.45) is 8.79. The lowest BCUT2D eigenvalue weighted by molar-refractivity contribution is 0.0931. The van der Waals surface area contributed by atoms with Gasteiger partial charge >= 0.3 is 0 Å². The van der Waals surface area contributed by atoms with Crippen LogP contribution in [0.25, 0.3) is 0 Å². The van der Waals surface area contributed by atoms with Crippen molar-refractivity contribution in [3.05, 3.63) is 11.9 Å². The highest BCUT2D eigenvalue weighted by molar-refractivity contribution is 5.91. The Hall–Kier alpha value is -1.43. The Morgan fingerprint density at radius 3 is 2.70 bits per heavy atom. The monoisotopic (exact) mass is 319 g/mol. The zero-order valence-electron chi connectivity index (χ0n) is 14.3. The van der Waals surface area contributed by atoms with E-state index < -0.39 is 0 Å². The second kappa shape index (κ2) is 6.99. The van der Waals surface area contributed by atoms with Gasteiger partial charge in [0.2, 0.25) is 0 Å². The van der Waals surface area contributed by atoms with E-state index in [0.717, 1.165) is 32.5 Å². The summed E-state index contributed by atoms with van der Waals surface area (Å²) in [5.41, 5.74) is 0.914. The molecule has 0 radical (unpaired) electrons. The fourth-order valence-electron chi connectivity index (χ4n) is 3.62. The number of carbonyl (C=O) groups excluding carboxylic acids is 1. The second-order valence-electron chi connectivity index (χ2n) is 7.88. The molecule has 3 rings (SSSR count). The molecule has 128 valence electrons. The molecule has 2 aliphatic rings. The molecule has 0 spiro atoms. The van der Waals surface area contributed by atoms with Crippen LogP contribution in [0.3, 0.4) is 0 Å². The Balaban J connectivity index is 1.48. The van der Waals surface area contributed by atoms with Crippen molar-refractivity contribution in [2.45, 2.75) is 58.4 Å². The molecule has 0 atom stereocenters. The molecule has 1 aromatic rings. The van der Waals surface area contributed by atoms with Crippen LogP contribution in [0.2, 0.25) is 0 Å². The third-order valence-electron chi connectivity index (χ3n) is 5.44. The molecule has 2 N–H and O–H groups in total. The highest BCUT2D eigenvalue weighted by Gasteiger charge is 2.27. The normalized spacial score (nSPS) is 22.9. The largest absolute Gasteiger partial charge is 0.350 e. The Bertz CT molecular complexity index is 523. The minimum atomic E-state index is -0.0879. The SMILES string of the molecule is CC1(C)CCC(CNC(=O)c2cn(C3CCNCC3)nn2)CC1. The lowest BCUT2D eigenvalue weighted by Gasteiger charge is -2.34. The number of nitrogens with zero attached hydrogens (tertiary/aromatic N) is 3. The first-order valence-electron chi connectivity index (χ1n) is 8.94. The van der Waals surface area contributed by atoms with E-state index in [0.29, 0.717) is 23.1 Å². The van der Waals surface area contributed by atoms with E-state index >= 15 is 0 Å². The Kier molecular flexibility index (Phi) is 4.99. The van der Waals surface area contributed by atoms with Crippen LogP contribution in [-0.2, 0) is 0 Å². The predicted octanol–water partition coefficient (Wildman–Crippen LogP) is 2.15. The maximum atomic E-state index is 12.3. The van der Waals surface area contributed by atoms with Gasteiger partial charge in [0.05, 0.1) is 12.2 Å². The van der Waals surface area contributed by atoms with Gasteiger partial charge in [-0.1, -0.05) is 19.1 Å². The van der Waals surface area contributed by atoms with E-state index in [-0.39, 0.29) is 5.91 Å². The van der Waals surface area contributed by atoms with Crippen molar-refractivity contribution in [3.8, 4) is 0 Å². The molecule has 0 unspecified atom stereocenters. The van der Waals surface area contributed by atoms with Crippen molar-refractivity contribution >= 4 is 5.91 Å². The lowest BCUT2D eigenvalue weighted by atomic mass is 9.73. The summed E-state index contributed by atoms with van der Waals surface area (Å²) in [6, 6.07) is 0.367. The van der Waals surface area contributed by atoms with Gasteiger partial charge in [0.15, 0.2) is 5.69 Å². The van der Waals surface area contributed by atoms with Crippen molar-refractivity contribution in [3.63, 3.8) is 0 Å². The van der Waals surface area contributed by atoms with E-state index in [4.69, 9.17) is 0 Å². The zero-order chi connectivity index (χ0) is 16.3. The molecule has 23 heavy (non-hydrogen) atoms. The van der Waals surface area contributed by atoms with E-state index in [2.05, 4.69) is 34.8 Å². The molecule has 0 bridgehead atoms. The standard InChI is InChI=1S/C17H29N5O/c1-17(2)7-3-13(4-8-17)11-19-16(23)15-12-22(21-20-15)14-5-9-18-10-6-14/h12-14,18H,3-11H2,1-2H3,(H,19,23). The van der Waals surface area contributed by atoms with Gasteiger partial charge in [-0.15, -0.1) is 5.10 Å². The molecule has 1 amide bonds. The average Bonchev–Trinajstić information content (AvgIpc) is 3.04. The molecule has 2 heterocycles. The van der Waals surface area contributed by atoms with E-state index in [1.165, 1.54) is 25.7 Å². The molecule has 0 aromatic carbocycles. The number of carbonyl (C=O) groups is 1. The van der Waals surface area contributed by atoms with Gasteiger partial charge in [0.25, 0.3) is 5.91 Å². The Morgan fingerprint density at radius 2 is 2.00 bits per heavy atom. The number of hydrogen-bond donors (Lipinski definition) is 2. The number of hydrogen-bond acceptors (Lipinski definition) is 4. The van der Waals surface area contributed by atoms with Crippen LogP contribution < -0.4 is 10.6 Å². The van der Waals surface area contributed by atoms with Gasteiger partial charge in [0.1, 0.15) is 0 Å². The first-order valence-corrected chi connectivity index (χ1v) is 8.94. The molecule has 1 aliphatic carbocycles. The predicted molar refractivity (Wildman–Crippen MR) is 89.2 cm³/mol. The smallest absolute Gasteiger partial charge is 0.273 e. The van der Waals surface area contributed by atoms with Crippen LogP contribution in [0.4, 0.5) is 0 Å². The van der Waals surface area contributed by atoms with Crippen molar-refractivity contribution in [1.82, 2.24) is 25.6 Å². The first kappa shape index (κ1) is 16.4. The summed E-state index contributed by atoms with van der Waals surface area (Å²) in [7, 11) is 0. The number of rotatable bonds is 4. The van der Waals surface area contributed by atoms with Crippen LogP contribution >= 0.6 is 0 Å². The zero-order valence-corrected chi connectivity index (χ0v) is 14.3. The Labute approximate surface area is 138 Å². The van der Waals surface area contributed by atoms with Gasteiger partial charge in [-0.05, 0) is 62.9 Å². The number of piperidine rings is 1. The molecular weight excluding hydrogens is 290 g/mol. The summed E-state index contributed by atoms with van der Waals surface area (Å²) in [5, 5.41) is 14.6. The molecule has 1 aliphatic heterocycles. The molecule has 6 heteroatoms. The van der Waals surface area contributed by atoms with Crippen LogP contribution in [0.5, 0.6) is 0 Å². The van der Waals surface area contributed by atoms with Crippen molar-refractivity contribution in [1.29, 1.82) is 0 Å². The van der Waals surface area contributed by atoms with Crippen LogP contribution in [-0.4, -0.2) is 40.5 Å². The van der Waals surface area contributed by atoms with Crippen LogP contribution in [0, 0.1) is 11.3 Å². The molecule has 1 saturated heterocycles. The average molecular weight is 319 g/mol. The Morgan fingerprint density at radius 1 is 1.30 bits per heavy atom. The molecule has 6 nitrogen and oxygen atoms in total. The minimum Gasteiger partial charge on any atom is -0.350 e. The van der Waals surface area contributed by atoms with E-state index in [1.807, 2.05) is 4.68 Å². The molecule has 2 fully saturated rings. The van der Waals surface area contributed by atoms with Crippen LogP contribution in [0.1, 0.15) is 68.9 Å². The van der Waals surface area contributed by atoms with Gasteiger partial charge < -0.3 is 10.6 Å². The number of nitrogens with one attached hydrogen (secondary N) is 2. The lowest BCUT2D eigenvalue weighted by Crippen LogP contribution is -2.33. The fraction of sp³-hybridized carbons (Fsp3) is 0.824. The van der Waals surface area contributed by atoms with Crippen molar-refractivity contribution in [2.24, 2.45) is 11.3 Å². The van der Waals surface area contributed by atoms with Gasteiger partial charge in [0, 0.05) is 6.54 Å². The third-order valence-corrected chi connectivity index (χ3v) is 5.44. The van der Waals surface area contributed by atoms with Crippen molar-refractivity contribution < 1.29 is 4.79 Å². The maximum absolute atomic E-state index is 12.3. The quantitative estimate of drug-likeness (QED) is 0.892. The first-order chi connectivity index (χ1) is 11.0. The number of amides is 1. The van der Waals surface area contributed by atoms with Crippen LogP contribution in [0.15, 0.2) is 6.20 Å². The second-order valence-corrected chi connectivity index (χ2v) is 7.88. The summed E-state index contributed by atoms with van der Waals surface area (Å²) < 4.78 is 1.86. The summed E-state index contributed by atoms with van der Waals surface area (Å²) >= 11 is 0. The summed E-state index contributed by atoms with van der Waals surface area (Å²) in [6.45, 7) is 7.44. The topological polar surface area (TPSA) is 71.8 Å². The minimum absolute atomic E-state index is 0.0879. The molecular formula is C17H29N5O. The van der Waals surface area contributed by atoms with E-state index in [9.17, 15) is 4.79 Å². The third kappa shape index (κ3) is 4.31. The maximum Gasteiger partial charge on any atom is 0.273 e. The summed E-state index contributed by atoms with van der Waals surface area (Å²) in [5.74, 6) is 0.515. The van der Waals surface area contributed by atoms with Crippen molar-refractivity contribution in [2.75, 3.05) is 19.6 Å². The van der Waals surface area contributed by atoms with E-state index in [1.54, 1.807) is 6.20 Å². The summed E-state index contributed by atoms with van der Waals surface area (Å²) in [4.78, 5) is 12.3. The van der Waals surface area contributed by atoms with Gasteiger partial charge in [-0.25, -0.2) is 4.68 Å². The number of aromatic nitrogens is 3. The van der Waals surface area contributed by atoms with Gasteiger partial charge in [-0.3, -0.25) is 4.79 Å². The molecule has 1 saturated carbocycles.